The fourth-order valence-electron chi connectivity index (χ4n) is 2.76. The highest BCUT2D eigenvalue weighted by Gasteiger charge is 2.22. The molecule has 20 heavy (non-hydrogen) atoms. The van der Waals surface area contributed by atoms with Gasteiger partial charge in [-0.3, -0.25) is 4.79 Å². The van der Waals surface area contributed by atoms with Crippen LogP contribution < -0.4 is 0 Å². The number of fused-ring (bicyclic) bond motifs is 1. The number of nitrogens with zero attached hydrogens (tertiary/aromatic N) is 2. The number of rotatable bonds is 4. The first-order valence-electron chi connectivity index (χ1n) is 7.12. The number of hydrogen-bond donors (Lipinski definition) is 0. The van der Waals surface area contributed by atoms with E-state index in [0.29, 0.717) is 5.02 Å². The summed E-state index contributed by atoms with van der Waals surface area (Å²) in [5, 5.41) is 1.77. The van der Waals surface area contributed by atoms with Crippen molar-refractivity contribution < 1.29 is 4.79 Å². The zero-order valence-corrected chi connectivity index (χ0v) is 13.3. The quantitative estimate of drug-likeness (QED) is 0.832. The van der Waals surface area contributed by atoms with Gasteiger partial charge in [-0.25, -0.2) is 0 Å². The lowest BCUT2D eigenvalue weighted by atomic mass is 10.1. The van der Waals surface area contributed by atoms with E-state index < -0.39 is 0 Å². The molecule has 3 nitrogen and oxygen atoms in total. The second-order valence-corrected chi connectivity index (χ2v) is 5.29. The van der Waals surface area contributed by atoms with Gasteiger partial charge in [-0.1, -0.05) is 11.6 Å². The topological polar surface area (TPSA) is 25.2 Å². The largest absolute Gasteiger partial charge is 0.338 e. The van der Waals surface area contributed by atoms with E-state index >= 15 is 0 Å². The summed E-state index contributed by atoms with van der Waals surface area (Å²) in [4.78, 5) is 14.6. The molecule has 0 spiro atoms. The average molecular weight is 293 g/mol. The minimum atomic E-state index is 0.0988. The second-order valence-electron chi connectivity index (χ2n) is 4.86. The zero-order valence-electron chi connectivity index (χ0n) is 12.5. The summed E-state index contributed by atoms with van der Waals surface area (Å²) in [5.41, 5.74) is 2.87. The molecule has 0 N–H and O–H groups in total. The van der Waals surface area contributed by atoms with Crippen LogP contribution in [0.25, 0.3) is 10.9 Å². The molecule has 108 valence electrons. The highest BCUT2D eigenvalue weighted by atomic mass is 35.5. The predicted molar refractivity (Wildman–Crippen MR) is 84.6 cm³/mol. The summed E-state index contributed by atoms with van der Waals surface area (Å²) >= 11 is 6.09. The Morgan fingerprint density at radius 3 is 2.45 bits per heavy atom. The third-order valence-corrected chi connectivity index (χ3v) is 4.08. The van der Waals surface area contributed by atoms with Gasteiger partial charge in [0, 0.05) is 35.6 Å². The van der Waals surface area contributed by atoms with Gasteiger partial charge in [-0.05, 0) is 51.5 Å². The molecule has 0 saturated heterocycles. The van der Waals surface area contributed by atoms with Crippen LogP contribution in [0.2, 0.25) is 5.02 Å². The van der Waals surface area contributed by atoms with Crippen LogP contribution in [0.3, 0.4) is 0 Å². The molecular formula is C16H21ClN2O. The molecule has 0 aliphatic carbocycles. The van der Waals surface area contributed by atoms with Gasteiger partial charge in [-0.15, -0.1) is 0 Å². The Balaban J connectivity index is 2.69. The van der Waals surface area contributed by atoms with E-state index in [0.717, 1.165) is 41.8 Å². The number of hydrogen-bond acceptors (Lipinski definition) is 1. The van der Waals surface area contributed by atoms with Crippen molar-refractivity contribution in [3.05, 3.63) is 34.5 Å². The monoisotopic (exact) mass is 292 g/mol. The Morgan fingerprint density at radius 2 is 1.90 bits per heavy atom. The fraction of sp³-hybridized carbons (Fsp3) is 0.438. The number of halogens is 1. The molecule has 0 aliphatic rings. The number of aromatic nitrogens is 1. The van der Waals surface area contributed by atoms with Crippen LogP contribution in [-0.4, -0.2) is 28.5 Å². The molecule has 0 unspecified atom stereocenters. The van der Waals surface area contributed by atoms with Crippen LogP contribution in [0, 0.1) is 6.92 Å². The molecule has 2 rings (SSSR count). The van der Waals surface area contributed by atoms with Crippen molar-refractivity contribution in [2.45, 2.75) is 34.2 Å². The minimum absolute atomic E-state index is 0.0988. The van der Waals surface area contributed by atoms with E-state index in [2.05, 4.69) is 11.5 Å². The fourth-order valence-corrected chi connectivity index (χ4v) is 2.93. The predicted octanol–water partition coefficient (Wildman–Crippen LogP) is 4.11. The smallest absolute Gasteiger partial charge is 0.270 e. The van der Waals surface area contributed by atoms with Gasteiger partial charge in [0.15, 0.2) is 0 Å². The third kappa shape index (κ3) is 2.31. The lowest BCUT2D eigenvalue weighted by Crippen LogP contribution is -2.32. The number of benzene rings is 1. The Hall–Kier alpha value is -1.48. The number of aryl methyl sites for hydroxylation is 2. The van der Waals surface area contributed by atoms with E-state index in [1.807, 2.05) is 43.9 Å². The first-order valence-corrected chi connectivity index (χ1v) is 7.50. The van der Waals surface area contributed by atoms with E-state index in [-0.39, 0.29) is 5.91 Å². The summed E-state index contributed by atoms with van der Waals surface area (Å²) in [6.45, 7) is 10.3. The van der Waals surface area contributed by atoms with Gasteiger partial charge >= 0.3 is 0 Å². The highest BCUT2D eigenvalue weighted by molar-refractivity contribution is 6.31. The van der Waals surface area contributed by atoms with Gasteiger partial charge in [0.1, 0.15) is 5.69 Å². The zero-order chi connectivity index (χ0) is 14.9. The summed E-state index contributed by atoms with van der Waals surface area (Å²) in [7, 11) is 0. The lowest BCUT2D eigenvalue weighted by Gasteiger charge is -2.20. The first kappa shape index (κ1) is 14.9. The van der Waals surface area contributed by atoms with E-state index in [4.69, 9.17) is 11.6 Å². The summed E-state index contributed by atoms with van der Waals surface area (Å²) in [5.74, 6) is 0.0988. The van der Waals surface area contributed by atoms with Crippen molar-refractivity contribution in [2.24, 2.45) is 0 Å². The lowest BCUT2D eigenvalue weighted by molar-refractivity contribution is 0.0762. The van der Waals surface area contributed by atoms with Crippen molar-refractivity contribution in [1.29, 1.82) is 0 Å². The van der Waals surface area contributed by atoms with Crippen molar-refractivity contribution >= 4 is 28.4 Å². The standard InChI is InChI=1S/C16H21ClN2O/c1-5-18(6-2)16(20)15-11(4)13-10-12(17)8-9-14(13)19(15)7-3/h8-10H,5-7H2,1-4H3. The first-order chi connectivity index (χ1) is 9.54. The van der Waals surface area contributed by atoms with E-state index in [1.165, 1.54) is 0 Å². The molecule has 2 aromatic rings. The second kappa shape index (κ2) is 5.88. The van der Waals surface area contributed by atoms with Gasteiger partial charge in [-0.2, -0.15) is 0 Å². The highest BCUT2D eigenvalue weighted by Crippen LogP contribution is 2.29. The third-order valence-electron chi connectivity index (χ3n) is 3.85. The summed E-state index contributed by atoms with van der Waals surface area (Å²) in [6.07, 6.45) is 0. The Labute approximate surface area is 125 Å². The molecule has 1 amide bonds. The summed E-state index contributed by atoms with van der Waals surface area (Å²) in [6, 6.07) is 5.81. The Morgan fingerprint density at radius 1 is 1.25 bits per heavy atom. The maximum absolute atomic E-state index is 12.7. The molecule has 0 saturated carbocycles. The van der Waals surface area contributed by atoms with Crippen LogP contribution in [-0.2, 0) is 6.54 Å². The molecule has 1 heterocycles. The number of amides is 1. The average Bonchev–Trinajstić information content (AvgIpc) is 2.72. The molecule has 0 bridgehead atoms. The molecule has 0 radical (unpaired) electrons. The molecule has 1 aromatic carbocycles. The van der Waals surface area contributed by atoms with Gasteiger partial charge < -0.3 is 9.47 Å². The van der Waals surface area contributed by atoms with Crippen LogP contribution >= 0.6 is 11.6 Å². The van der Waals surface area contributed by atoms with Gasteiger partial charge in [0.05, 0.1) is 0 Å². The molecular weight excluding hydrogens is 272 g/mol. The van der Waals surface area contributed by atoms with Crippen LogP contribution in [0.15, 0.2) is 18.2 Å². The van der Waals surface area contributed by atoms with Crippen molar-refractivity contribution in [1.82, 2.24) is 9.47 Å². The van der Waals surface area contributed by atoms with Crippen molar-refractivity contribution in [3.8, 4) is 0 Å². The normalized spacial score (nSPS) is 11.1. The van der Waals surface area contributed by atoms with Crippen molar-refractivity contribution in [3.63, 3.8) is 0 Å². The number of carbonyl (C=O) groups is 1. The van der Waals surface area contributed by atoms with E-state index in [1.54, 1.807) is 0 Å². The van der Waals surface area contributed by atoms with Crippen LogP contribution in [0.4, 0.5) is 0 Å². The SMILES string of the molecule is CCN(CC)C(=O)c1c(C)c2cc(Cl)ccc2n1CC. The van der Waals surface area contributed by atoms with Crippen LogP contribution in [0.1, 0.15) is 36.8 Å². The van der Waals surface area contributed by atoms with Gasteiger partial charge in [0.2, 0.25) is 0 Å². The Bertz CT molecular complexity index is 641. The molecule has 0 aliphatic heterocycles. The molecule has 0 atom stereocenters. The van der Waals surface area contributed by atoms with Crippen molar-refractivity contribution in [2.75, 3.05) is 13.1 Å². The molecule has 1 aromatic heterocycles. The minimum Gasteiger partial charge on any atom is -0.338 e. The Kier molecular flexibility index (Phi) is 4.39. The maximum atomic E-state index is 12.7. The summed E-state index contributed by atoms with van der Waals surface area (Å²) < 4.78 is 2.08. The maximum Gasteiger partial charge on any atom is 0.270 e. The van der Waals surface area contributed by atoms with Gasteiger partial charge in [0.25, 0.3) is 5.91 Å². The van der Waals surface area contributed by atoms with Crippen LogP contribution in [0.5, 0.6) is 0 Å². The molecule has 4 heteroatoms. The number of carbonyl (C=O) groups excluding carboxylic acids is 1. The molecule has 0 fully saturated rings. The van der Waals surface area contributed by atoms with E-state index in [9.17, 15) is 4.79 Å².